The van der Waals surface area contributed by atoms with Gasteiger partial charge in [-0.15, -0.1) is 0 Å². The zero-order valence-corrected chi connectivity index (χ0v) is 16.4. The number of nitrogens with one attached hydrogen (secondary N) is 1. The van der Waals surface area contributed by atoms with Crippen molar-refractivity contribution >= 4 is 28.3 Å². The van der Waals surface area contributed by atoms with Gasteiger partial charge in [0.2, 0.25) is 0 Å². The van der Waals surface area contributed by atoms with Crippen LogP contribution in [0.3, 0.4) is 0 Å². The van der Waals surface area contributed by atoms with Gasteiger partial charge < -0.3 is 10.4 Å². The van der Waals surface area contributed by atoms with Crippen LogP contribution >= 0.6 is 11.6 Å². The Morgan fingerprint density at radius 2 is 1.82 bits per heavy atom. The molecule has 4 rings (SSSR count). The molecule has 0 saturated carbocycles. The van der Waals surface area contributed by atoms with E-state index in [1.807, 2.05) is 74.5 Å². The van der Waals surface area contributed by atoms with Gasteiger partial charge in [0, 0.05) is 27.9 Å². The maximum atomic E-state index is 11.1. The fourth-order valence-electron chi connectivity index (χ4n) is 3.31. The van der Waals surface area contributed by atoms with Gasteiger partial charge in [-0.3, -0.25) is 0 Å². The summed E-state index contributed by atoms with van der Waals surface area (Å²) in [6.07, 6.45) is 1.76. The van der Waals surface area contributed by atoms with Crippen molar-refractivity contribution in [3.63, 3.8) is 0 Å². The molecule has 2 aromatic carbocycles. The van der Waals surface area contributed by atoms with Crippen LogP contribution in [-0.2, 0) is 0 Å². The predicted octanol–water partition coefficient (Wildman–Crippen LogP) is 5.81. The number of hydrogen-bond donors (Lipinski definition) is 2. The molecule has 0 radical (unpaired) electrons. The molecule has 0 fully saturated rings. The lowest BCUT2D eigenvalue weighted by atomic mass is 9.96. The molecule has 4 aromatic rings. The lowest BCUT2D eigenvalue weighted by Crippen LogP contribution is -2.14. The third kappa shape index (κ3) is 3.64. The second-order valence-electron chi connectivity index (χ2n) is 6.88. The zero-order chi connectivity index (χ0) is 19.7. The third-order valence-corrected chi connectivity index (χ3v) is 4.94. The molecule has 0 amide bonds. The van der Waals surface area contributed by atoms with E-state index in [1.165, 1.54) is 0 Å². The van der Waals surface area contributed by atoms with E-state index in [0.29, 0.717) is 10.5 Å². The van der Waals surface area contributed by atoms with E-state index < -0.39 is 0 Å². The molecule has 0 aliphatic heterocycles. The molecule has 5 heteroatoms. The van der Waals surface area contributed by atoms with Gasteiger partial charge in [0.25, 0.3) is 0 Å². The van der Waals surface area contributed by atoms with E-state index in [2.05, 4.69) is 15.3 Å². The van der Waals surface area contributed by atoms with Crippen LogP contribution in [0.2, 0.25) is 5.02 Å². The monoisotopic (exact) mass is 389 g/mol. The number of aromatic nitrogens is 2. The molecular weight excluding hydrogens is 370 g/mol. The van der Waals surface area contributed by atoms with Crippen LogP contribution in [0.5, 0.6) is 5.75 Å². The Morgan fingerprint density at radius 3 is 2.61 bits per heavy atom. The second kappa shape index (κ2) is 7.49. The summed E-state index contributed by atoms with van der Waals surface area (Å²) in [5, 5.41) is 16.0. The maximum Gasteiger partial charge on any atom is 0.147 e. The standard InChI is InChI=1S/C23H20ClN3O/c1-14-10-11-25-20(12-14)27-21(17-4-3-5-18(24)13-17)19-9-8-16-7-6-15(2)26-22(16)23(19)28/h3-13,21,28H,1-2H3,(H,25,27)/t21-/m0/s1. The van der Waals surface area contributed by atoms with Crippen molar-refractivity contribution in [1.29, 1.82) is 0 Å². The number of benzene rings is 2. The van der Waals surface area contributed by atoms with E-state index in [4.69, 9.17) is 11.6 Å². The van der Waals surface area contributed by atoms with Crippen LogP contribution < -0.4 is 5.32 Å². The number of nitrogens with zero attached hydrogens (tertiary/aromatic N) is 2. The molecule has 0 bridgehead atoms. The van der Waals surface area contributed by atoms with E-state index in [1.54, 1.807) is 6.20 Å². The van der Waals surface area contributed by atoms with Crippen LogP contribution in [0.15, 0.2) is 66.9 Å². The zero-order valence-electron chi connectivity index (χ0n) is 15.6. The number of aromatic hydroxyl groups is 1. The van der Waals surface area contributed by atoms with Crippen LogP contribution in [0.4, 0.5) is 5.82 Å². The van der Waals surface area contributed by atoms with Crippen LogP contribution in [0.25, 0.3) is 10.9 Å². The first-order chi connectivity index (χ1) is 13.5. The molecule has 2 heterocycles. The quantitative estimate of drug-likeness (QED) is 0.462. The number of fused-ring (bicyclic) bond motifs is 1. The highest BCUT2D eigenvalue weighted by Crippen LogP contribution is 2.37. The molecule has 0 spiro atoms. The largest absolute Gasteiger partial charge is 0.505 e. The molecule has 1 atom stereocenters. The Hall–Kier alpha value is -3.11. The second-order valence-corrected chi connectivity index (χ2v) is 7.31. The van der Waals surface area contributed by atoms with Crippen LogP contribution in [0, 0.1) is 13.8 Å². The molecule has 140 valence electrons. The topological polar surface area (TPSA) is 58.0 Å². The predicted molar refractivity (Wildman–Crippen MR) is 114 cm³/mol. The first kappa shape index (κ1) is 18.3. The molecule has 0 saturated heterocycles. The Morgan fingerprint density at radius 1 is 1.00 bits per heavy atom. The first-order valence-corrected chi connectivity index (χ1v) is 9.43. The van der Waals surface area contributed by atoms with E-state index in [-0.39, 0.29) is 11.8 Å². The third-order valence-electron chi connectivity index (χ3n) is 4.71. The molecule has 4 nitrogen and oxygen atoms in total. The van der Waals surface area contributed by atoms with Crippen molar-refractivity contribution in [3.05, 3.63) is 94.3 Å². The Labute approximate surface area is 168 Å². The van der Waals surface area contributed by atoms with Gasteiger partial charge in [0.15, 0.2) is 0 Å². The fraction of sp³-hybridized carbons (Fsp3) is 0.130. The molecule has 2 aromatic heterocycles. The fourth-order valence-corrected chi connectivity index (χ4v) is 3.51. The van der Waals surface area contributed by atoms with Crippen molar-refractivity contribution in [3.8, 4) is 5.75 Å². The SMILES string of the molecule is Cc1ccnc(N[C@@H](c2cccc(Cl)c2)c2ccc3ccc(C)nc3c2O)c1. The molecule has 28 heavy (non-hydrogen) atoms. The van der Waals surface area contributed by atoms with Crippen molar-refractivity contribution in [2.24, 2.45) is 0 Å². The minimum absolute atomic E-state index is 0.159. The normalized spacial score (nSPS) is 12.1. The summed E-state index contributed by atoms with van der Waals surface area (Å²) in [7, 11) is 0. The Bertz CT molecular complexity index is 1160. The van der Waals surface area contributed by atoms with Crippen molar-refractivity contribution in [2.75, 3.05) is 5.32 Å². The first-order valence-electron chi connectivity index (χ1n) is 9.05. The smallest absolute Gasteiger partial charge is 0.147 e. The molecule has 0 aliphatic carbocycles. The molecule has 0 aliphatic rings. The number of anilines is 1. The van der Waals surface area contributed by atoms with Crippen molar-refractivity contribution in [1.82, 2.24) is 9.97 Å². The highest BCUT2D eigenvalue weighted by atomic mass is 35.5. The van der Waals surface area contributed by atoms with Gasteiger partial charge in [-0.1, -0.05) is 41.9 Å². The summed E-state index contributed by atoms with van der Waals surface area (Å²) in [4.78, 5) is 8.95. The summed E-state index contributed by atoms with van der Waals surface area (Å²) >= 11 is 6.24. The van der Waals surface area contributed by atoms with Crippen molar-refractivity contribution < 1.29 is 5.11 Å². The number of phenols is 1. The number of hydrogen-bond acceptors (Lipinski definition) is 4. The Kier molecular flexibility index (Phi) is 4.88. The van der Waals surface area contributed by atoms with E-state index in [9.17, 15) is 5.11 Å². The average molecular weight is 390 g/mol. The Balaban J connectivity index is 1.87. The van der Waals surface area contributed by atoms with Gasteiger partial charge in [0.1, 0.15) is 17.1 Å². The highest BCUT2D eigenvalue weighted by Gasteiger charge is 2.21. The summed E-state index contributed by atoms with van der Waals surface area (Å²) in [6, 6.07) is 19.0. The summed E-state index contributed by atoms with van der Waals surface area (Å²) in [5.74, 6) is 0.882. The maximum absolute atomic E-state index is 11.1. The lowest BCUT2D eigenvalue weighted by molar-refractivity contribution is 0.471. The number of halogens is 1. The molecular formula is C23H20ClN3O. The summed E-state index contributed by atoms with van der Waals surface area (Å²) in [5.41, 5.74) is 4.19. The minimum Gasteiger partial charge on any atom is -0.505 e. The number of rotatable bonds is 4. The number of phenolic OH excluding ortho intramolecular Hbond substituents is 1. The highest BCUT2D eigenvalue weighted by molar-refractivity contribution is 6.30. The van der Waals surface area contributed by atoms with Gasteiger partial charge in [0.05, 0.1) is 6.04 Å². The molecule has 0 unspecified atom stereocenters. The number of pyridine rings is 2. The van der Waals surface area contributed by atoms with Gasteiger partial charge >= 0.3 is 0 Å². The van der Waals surface area contributed by atoms with E-state index in [0.717, 1.165) is 33.6 Å². The van der Waals surface area contributed by atoms with Gasteiger partial charge in [-0.2, -0.15) is 0 Å². The van der Waals surface area contributed by atoms with E-state index >= 15 is 0 Å². The molecule has 2 N–H and O–H groups in total. The average Bonchev–Trinajstić information content (AvgIpc) is 2.67. The van der Waals surface area contributed by atoms with Crippen LogP contribution in [-0.4, -0.2) is 15.1 Å². The van der Waals surface area contributed by atoms with Crippen LogP contribution in [0.1, 0.15) is 28.4 Å². The summed E-state index contributed by atoms with van der Waals surface area (Å²) < 4.78 is 0. The summed E-state index contributed by atoms with van der Waals surface area (Å²) in [6.45, 7) is 3.93. The van der Waals surface area contributed by atoms with Gasteiger partial charge in [-0.05, 0) is 55.3 Å². The van der Waals surface area contributed by atoms with Crippen molar-refractivity contribution in [2.45, 2.75) is 19.9 Å². The minimum atomic E-state index is -0.334. The lowest BCUT2D eigenvalue weighted by Gasteiger charge is -2.22. The number of aryl methyl sites for hydroxylation is 2. The van der Waals surface area contributed by atoms with Gasteiger partial charge in [-0.25, -0.2) is 9.97 Å².